The Balaban J connectivity index is 2.12. The number of nitrogens with zero attached hydrogens (tertiary/aromatic N) is 1. The van der Waals surface area contributed by atoms with Crippen LogP contribution in [0.15, 0.2) is 34.8 Å². The molecule has 0 bridgehead atoms. The van der Waals surface area contributed by atoms with Crippen LogP contribution >= 0.6 is 39.1 Å². The molecule has 1 saturated heterocycles. The Morgan fingerprint density at radius 3 is 2.27 bits per heavy atom. The van der Waals surface area contributed by atoms with Crippen LogP contribution < -0.4 is 14.8 Å². The van der Waals surface area contributed by atoms with Crippen molar-refractivity contribution in [2.75, 3.05) is 40.4 Å². The summed E-state index contributed by atoms with van der Waals surface area (Å²) in [6, 6.07) is 9.83. The lowest BCUT2D eigenvalue weighted by molar-refractivity contribution is 0.197. The third-order valence-corrected chi connectivity index (χ3v) is 6.00. The van der Waals surface area contributed by atoms with Gasteiger partial charge in [-0.25, -0.2) is 0 Å². The number of nitrogens with one attached hydrogen (secondary N) is 1. The zero-order valence-corrected chi connectivity index (χ0v) is 17.8. The molecule has 1 heterocycles. The molecule has 0 aromatic heterocycles. The van der Waals surface area contributed by atoms with Gasteiger partial charge in [-0.2, -0.15) is 0 Å². The standard InChI is InChI=1S/C19H21BrCl2N2O2/c1-25-17-10-13(14(20)11-18(17)26-2)19(24-7-5-23-6-8-24)12-3-4-15(21)16(22)9-12/h3-4,9-11,19,23H,5-8H2,1-2H3. The van der Waals surface area contributed by atoms with Crippen LogP contribution in [0.4, 0.5) is 0 Å². The number of halogens is 3. The minimum atomic E-state index is 0.0287. The van der Waals surface area contributed by atoms with Crippen molar-refractivity contribution in [1.29, 1.82) is 0 Å². The van der Waals surface area contributed by atoms with Gasteiger partial charge in [-0.3, -0.25) is 4.90 Å². The van der Waals surface area contributed by atoms with Crippen LogP contribution in [0, 0.1) is 0 Å². The van der Waals surface area contributed by atoms with Gasteiger partial charge in [0, 0.05) is 30.7 Å². The molecule has 4 nitrogen and oxygen atoms in total. The van der Waals surface area contributed by atoms with E-state index in [0.717, 1.165) is 41.8 Å². The molecule has 1 aliphatic rings. The summed E-state index contributed by atoms with van der Waals surface area (Å²) in [5, 5.41) is 4.52. The normalized spacial score (nSPS) is 16.3. The fourth-order valence-corrected chi connectivity index (χ4v) is 4.14. The van der Waals surface area contributed by atoms with Crippen molar-refractivity contribution in [2.45, 2.75) is 6.04 Å². The smallest absolute Gasteiger partial charge is 0.161 e. The van der Waals surface area contributed by atoms with E-state index in [2.05, 4.69) is 26.1 Å². The van der Waals surface area contributed by atoms with Crippen LogP contribution in [0.2, 0.25) is 10.0 Å². The van der Waals surface area contributed by atoms with Crippen LogP contribution in [0.3, 0.4) is 0 Å². The summed E-state index contributed by atoms with van der Waals surface area (Å²) in [7, 11) is 3.28. The largest absolute Gasteiger partial charge is 0.493 e. The molecule has 0 radical (unpaired) electrons. The topological polar surface area (TPSA) is 33.7 Å². The SMILES string of the molecule is COc1cc(Br)c(C(c2ccc(Cl)c(Cl)c2)N2CCNCC2)cc1OC. The molecular weight excluding hydrogens is 439 g/mol. The van der Waals surface area contributed by atoms with Gasteiger partial charge in [-0.1, -0.05) is 45.2 Å². The van der Waals surface area contributed by atoms with E-state index in [0.29, 0.717) is 21.5 Å². The molecule has 2 aromatic rings. The molecule has 0 spiro atoms. The quantitative estimate of drug-likeness (QED) is 0.698. The summed E-state index contributed by atoms with van der Waals surface area (Å²) in [5.41, 5.74) is 2.19. The molecular formula is C19H21BrCl2N2O2. The van der Waals surface area contributed by atoms with Gasteiger partial charge in [-0.15, -0.1) is 0 Å². The first kappa shape index (κ1) is 19.8. The highest BCUT2D eigenvalue weighted by Gasteiger charge is 2.27. The highest BCUT2D eigenvalue weighted by atomic mass is 79.9. The van der Waals surface area contributed by atoms with Crippen LogP contribution in [-0.2, 0) is 0 Å². The van der Waals surface area contributed by atoms with Gasteiger partial charge in [0.15, 0.2) is 11.5 Å². The van der Waals surface area contributed by atoms with E-state index in [-0.39, 0.29) is 6.04 Å². The van der Waals surface area contributed by atoms with Crippen molar-refractivity contribution in [1.82, 2.24) is 10.2 Å². The van der Waals surface area contributed by atoms with Gasteiger partial charge >= 0.3 is 0 Å². The van der Waals surface area contributed by atoms with E-state index in [1.165, 1.54) is 0 Å². The van der Waals surface area contributed by atoms with Crippen LogP contribution in [0.1, 0.15) is 17.2 Å². The third kappa shape index (κ3) is 4.12. The molecule has 0 amide bonds. The van der Waals surface area contributed by atoms with E-state index in [4.69, 9.17) is 32.7 Å². The van der Waals surface area contributed by atoms with Crippen molar-refractivity contribution < 1.29 is 9.47 Å². The van der Waals surface area contributed by atoms with Crippen molar-refractivity contribution in [2.24, 2.45) is 0 Å². The number of piperazine rings is 1. The predicted molar refractivity (Wildman–Crippen MR) is 110 cm³/mol. The molecule has 3 rings (SSSR count). The summed E-state index contributed by atoms with van der Waals surface area (Å²) >= 11 is 16.2. The molecule has 0 saturated carbocycles. The molecule has 2 aromatic carbocycles. The number of ether oxygens (including phenoxy) is 2. The zero-order chi connectivity index (χ0) is 18.7. The van der Waals surface area contributed by atoms with Gasteiger partial charge < -0.3 is 14.8 Å². The van der Waals surface area contributed by atoms with E-state index >= 15 is 0 Å². The van der Waals surface area contributed by atoms with E-state index in [1.807, 2.05) is 30.3 Å². The highest BCUT2D eigenvalue weighted by Crippen LogP contribution is 2.41. The van der Waals surface area contributed by atoms with Crippen LogP contribution in [0.25, 0.3) is 0 Å². The first-order chi connectivity index (χ1) is 12.5. The van der Waals surface area contributed by atoms with Crippen LogP contribution in [0.5, 0.6) is 11.5 Å². The number of methoxy groups -OCH3 is 2. The molecule has 140 valence electrons. The molecule has 1 N–H and O–H groups in total. The number of hydrogen-bond donors (Lipinski definition) is 1. The fourth-order valence-electron chi connectivity index (χ4n) is 3.29. The lowest BCUT2D eigenvalue weighted by Crippen LogP contribution is -2.45. The van der Waals surface area contributed by atoms with Crippen molar-refractivity contribution >= 4 is 39.1 Å². The molecule has 1 unspecified atom stereocenters. The van der Waals surface area contributed by atoms with Crippen molar-refractivity contribution in [3.05, 3.63) is 56.0 Å². The molecule has 7 heteroatoms. The second-order valence-corrected chi connectivity index (χ2v) is 7.76. The maximum atomic E-state index is 6.31. The first-order valence-corrected chi connectivity index (χ1v) is 9.91. The van der Waals surface area contributed by atoms with Gasteiger partial charge in [-0.05, 0) is 35.4 Å². The summed E-state index contributed by atoms with van der Waals surface area (Å²) in [4.78, 5) is 2.43. The molecule has 26 heavy (non-hydrogen) atoms. The van der Waals surface area contributed by atoms with Crippen molar-refractivity contribution in [3.63, 3.8) is 0 Å². The Bertz CT molecular complexity index is 782. The highest BCUT2D eigenvalue weighted by molar-refractivity contribution is 9.10. The third-order valence-electron chi connectivity index (χ3n) is 4.57. The summed E-state index contributed by atoms with van der Waals surface area (Å²) in [6.07, 6.45) is 0. The summed E-state index contributed by atoms with van der Waals surface area (Å²) in [5.74, 6) is 1.39. The van der Waals surface area contributed by atoms with Gasteiger partial charge in [0.1, 0.15) is 0 Å². The predicted octanol–water partition coefficient (Wildman–Crippen LogP) is 4.77. The number of benzene rings is 2. The van der Waals surface area contributed by atoms with Gasteiger partial charge in [0.05, 0.1) is 30.3 Å². The second kappa shape index (κ2) is 8.81. The molecule has 0 aliphatic carbocycles. The van der Waals surface area contributed by atoms with Crippen LogP contribution in [-0.4, -0.2) is 45.3 Å². The zero-order valence-electron chi connectivity index (χ0n) is 14.7. The maximum Gasteiger partial charge on any atom is 0.161 e. The molecule has 1 atom stereocenters. The lowest BCUT2D eigenvalue weighted by Gasteiger charge is -2.36. The number of hydrogen-bond acceptors (Lipinski definition) is 4. The second-order valence-electron chi connectivity index (χ2n) is 6.09. The minimum absolute atomic E-state index is 0.0287. The monoisotopic (exact) mass is 458 g/mol. The van der Waals surface area contributed by atoms with Gasteiger partial charge in [0.2, 0.25) is 0 Å². The Morgan fingerprint density at radius 1 is 1.00 bits per heavy atom. The van der Waals surface area contributed by atoms with E-state index < -0.39 is 0 Å². The molecule has 1 fully saturated rings. The Labute approximate surface area is 172 Å². The van der Waals surface area contributed by atoms with Crippen molar-refractivity contribution in [3.8, 4) is 11.5 Å². The first-order valence-electron chi connectivity index (χ1n) is 8.36. The van der Waals surface area contributed by atoms with E-state index in [9.17, 15) is 0 Å². The average Bonchev–Trinajstić information content (AvgIpc) is 2.66. The Hall–Kier alpha value is -0.980. The average molecular weight is 460 g/mol. The summed E-state index contributed by atoms with van der Waals surface area (Å²) < 4.78 is 11.9. The fraction of sp³-hybridized carbons (Fsp3) is 0.368. The lowest BCUT2D eigenvalue weighted by atomic mass is 9.96. The summed E-state index contributed by atoms with van der Waals surface area (Å²) in [6.45, 7) is 3.77. The Morgan fingerprint density at radius 2 is 1.65 bits per heavy atom. The number of rotatable bonds is 5. The minimum Gasteiger partial charge on any atom is -0.493 e. The van der Waals surface area contributed by atoms with Gasteiger partial charge in [0.25, 0.3) is 0 Å². The molecule has 1 aliphatic heterocycles. The Kier molecular flexibility index (Phi) is 6.70. The maximum absolute atomic E-state index is 6.31. The van der Waals surface area contributed by atoms with E-state index in [1.54, 1.807) is 14.2 Å².